The fraction of sp³-hybridized carbons (Fsp3) is 0.636. The molecule has 1 aromatic rings. The van der Waals surface area contributed by atoms with E-state index >= 15 is 0 Å². The first-order chi connectivity index (χ1) is 12.0. The molecule has 0 aliphatic rings. The van der Waals surface area contributed by atoms with Gasteiger partial charge in [-0.3, -0.25) is 9.59 Å². The third-order valence-electron chi connectivity index (χ3n) is 4.42. The van der Waals surface area contributed by atoms with Crippen molar-refractivity contribution in [3.63, 3.8) is 0 Å². The van der Waals surface area contributed by atoms with Crippen LogP contribution in [0.5, 0.6) is 0 Å². The zero-order chi connectivity index (χ0) is 19.9. The molecule has 0 bridgehead atoms. The molecule has 4 heteroatoms. The number of carbonyl (C=O) groups excluding carboxylic acids is 2. The van der Waals surface area contributed by atoms with Crippen LogP contribution in [0.25, 0.3) is 0 Å². The molecule has 0 aliphatic heterocycles. The number of benzene rings is 1. The minimum atomic E-state index is -0.593. The van der Waals surface area contributed by atoms with Crippen molar-refractivity contribution in [1.82, 2.24) is 5.32 Å². The predicted octanol–water partition coefficient (Wildman–Crippen LogP) is 4.59. The molecular formula is C22H36N2O2. The second kappa shape index (κ2) is 9.86. The summed E-state index contributed by atoms with van der Waals surface area (Å²) >= 11 is 0. The first-order valence-corrected chi connectivity index (χ1v) is 9.74. The van der Waals surface area contributed by atoms with Gasteiger partial charge in [0.25, 0.3) is 0 Å². The van der Waals surface area contributed by atoms with Crippen LogP contribution in [0.15, 0.2) is 24.3 Å². The van der Waals surface area contributed by atoms with Crippen molar-refractivity contribution >= 4 is 17.4 Å². The van der Waals surface area contributed by atoms with Gasteiger partial charge in [-0.05, 0) is 57.2 Å². The Morgan fingerprint density at radius 3 is 2.04 bits per heavy atom. The highest BCUT2D eigenvalue weighted by Gasteiger charge is 2.34. The molecule has 1 atom stereocenters. The van der Waals surface area contributed by atoms with Crippen LogP contribution in [0.2, 0.25) is 0 Å². The highest BCUT2D eigenvalue weighted by molar-refractivity contribution is 5.91. The molecule has 146 valence electrons. The summed E-state index contributed by atoms with van der Waals surface area (Å²) in [5.74, 6) is 0.767. The Labute approximate surface area is 159 Å². The first-order valence-electron chi connectivity index (χ1n) is 9.74. The highest BCUT2D eigenvalue weighted by atomic mass is 16.1. The lowest BCUT2D eigenvalue weighted by molar-refractivity contribution is -0.128. The summed E-state index contributed by atoms with van der Waals surface area (Å²) < 4.78 is 0. The maximum atomic E-state index is 12.7. The Hall–Kier alpha value is -1.68. The fourth-order valence-electron chi connectivity index (χ4n) is 3.24. The van der Waals surface area contributed by atoms with E-state index in [1.807, 2.05) is 45.0 Å². The van der Waals surface area contributed by atoms with Gasteiger partial charge in [0.2, 0.25) is 5.91 Å². The Kier molecular flexibility index (Phi) is 8.48. The van der Waals surface area contributed by atoms with E-state index in [1.165, 1.54) is 0 Å². The molecule has 0 heterocycles. The van der Waals surface area contributed by atoms with E-state index in [0.29, 0.717) is 18.8 Å². The minimum absolute atomic E-state index is 0.0224. The van der Waals surface area contributed by atoms with E-state index in [2.05, 4.69) is 38.3 Å². The monoisotopic (exact) mass is 360 g/mol. The molecule has 0 radical (unpaired) electrons. The molecule has 2 N–H and O–H groups in total. The Bertz CT molecular complexity index is 591. The highest BCUT2D eigenvalue weighted by Crippen LogP contribution is 2.21. The number of carbonyl (C=O) groups is 2. The van der Waals surface area contributed by atoms with Crippen molar-refractivity contribution in [2.24, 2.45) is 11.8 Å². The molecule has 0 aliphatic carbocycles. The smallest absolute Gasteiger partial charge is 0.224 e. The molecular weight excluding hydrogens is 324 g/mol. The van der Waals surface area contributed by atoms with Gasteiger partial charge >= 0.3 is 0 Å². The standard InChI is InChI=1S/C22H36N2O2/c1-15(2)8-13-20(25)23-19-11-9-18(10-12-19)14-22(7,24-17(5)6)21(26)16(3)4/h9-12,15-17,24H,8,13-14H2,1-7H3,(H,23,25)/t22-/m1/s1. The molecule has 0 fully saturated rings. The lowest BCUT2D eigenvalue weighted by atomic mass is 9.83. The van der Waals surface area contributed by atoms with Gasteiger partial charge in [-0.1, -0.05) is 39.8 Å². The average Bonchev–Trinajstić information content (AvgIpc) is 2.53. The Balaban J connectivity index is 2.79. The van der Waals surface area contributed by atoms with Crippen LogP contribution in [0.4, 0.5) is 5.69 Å². The topological polar surface area (TPSA) is 58.2 Å². The number of rotatable bonds is 10. The first kappa shape index (κ1) is 22.4. The summed E-state index contributed by atoms with van der Waals surface area (Å²) in [5.41, 5.74) is 1.29. The zero-order valence-corrected chi connectivity index (χ0v) is 17.5. The molecule has 1 amide bonds. The molecule has 0 saturated heterocycles. The molecule has 26 heavy (non-hydrogen) atoms. The molecule has 4 nitrogen and oxygen atoms in total. The Morgan fingerprint density at radius 2 is 1.58 bits per heavy atom. The molecule has 0 saturated carbocycles. The van der Waals surface area contributed by atoms with Crippen LogP contribution in [0, 0.1) is 11.8 Å². The maximum Gasteiger partial charge on any atom is 0.224 e. The van der Waals surface area contributed by atoms with Crippen molar-refractivity contribution in [3.8, 4) is 0 Å². The number of hydrogen-bond acceptors (Lipinski definition) is 3. The van der Waals surface area contributed by atoms with Crippen LogP contribution in [-0.4, -0.2) is 23.3 Å². The lowest BCUT2D eigenvalue weighted by Gasteiger charge is -2.33. The normalized spacial score (nSPS) is 13.9. The summed E-state index contributed by atoms with van der Waals surface area (Å²) in [5, 5.41) is 6.38. The summed E-state index contributed by atoms with van der Waals surface area (Å²) in [6.45, 7) is 14.2. The maximum absolute atomic E-state index is 12.7. The molecule has 0 aromatic heterocycles. The third-order valence-corrected chi connectivity index (χ3v) is 4.42. The molecule has 1 rings (SSSR count). The summed E-state index contributed by atoms with van der Waals surface area (Å²) in [6, 6.07) is 8.04. The van der Waals surface area contributed by atoms with E-state index in [4.69, 9.17) is 0 Å². The Morgan fingerprint density at radius 1 is 1.00 bits per heavy atom. The zero-order valence-electron chi connectivity index (χ0n) is 17.5. The van der Waals surface area contributed by atoms with Gasteiger partial charge in [-0.2, -0.15) is 0 Å². The van der Waals surface area contributed by atoms with Crippen LogP contribution in [0.3, 0.4) is 0 Å². The summed E-state index contributed by atoms with van der Waals surface area (Å²) in [6.07, 6.45) is 2.06. The van der Waals surface area contributed by atoms with Gasteiger partial charge in [0.05, 0.1) is 5.54 Å². The summed E-state index contributed by atoms with van der Waals surface area (Å²) in [7, 11) is 0. The van der Waals surface area contributed by atoms with Gasteiger partial charge in [-0.25, -0.2) is 0 Å². The van der Waals surface area contributed by atoms with Crippen molar-refractivity contribution in [2.45, 2.75) is 79.3 Å². The molecule has 0 spiro atoms. The fourth-order valence-corrected chi connectivity index (χ4v) is 3.24. The number of anilines is 1. The van der Waals surface area contributed by atoms with Crippen LogP contribution >= 0.6 is 0 Å². The van der Waals surface area contributed by atoms with E-state index in [0.717, 1.165) is 17.7 Å². The minimum Gasteiger partial charge on any atom is -0.326 e. The SMILES string of the molecule is CC(C)CCC(=O)Nc1ccc(C[C@@](C)(NC(C)C)C(=O)C(C)C)cc1. The number of hydrogen-bond donors (Lipinski definition) is 2. The second-order valence-corrected chi connectivity index (χ2v) is 8.50. The molecule has 1 aromatic carbocycles. The lowest BCUT2D eigenvalue weighted by Crippen LogP contribution is -2.55. The van der Waals surface area contributed by atoms with E-state index < -0.39 is 5.54 Å². The van der Waals surface area contributed by atoms with Gasteiger partial charge in [0, 0.05) is 24.1 Å². The number of amides is 1. The number of nitrogens with one attached hydrogen (secondary N) is 2. The van der Waals surface area contributed by atoms with E-state index in [1.54, 1.807) is 0 Å². The van der Waals surface area contributed by atoms with Gasteiger partial charge in [0.1, 0.15) is 0 Å². The quantitative estimate of drug-likeness (QED) is 0.642. The average molecular weight is 361 g/mol. The van der Waals surface area contributed by atoms with Crippen molar-refractivity contribution in [3.05, 3.63) is 29.8 Å². The van der Waals surface area contributed by atoms with Gasteiger partial charge in [-0.15, -0.1) is 0 Å². The van der Waals surface area contributed by atoms with Crippen LogP contribution in [0.1, 0.15) is 66.9 Å². The second-order valence-electron chi connectivity index (χ2n) is 8.50. The van der Waals surface area contributed by atoms with Gasteiger partial charge < -0.3 is 10.6 Å². The summed E-state index contributed by atoms with van der Waals surface area (Å²) in [4.78, 5) is 24.7. The third kappa shape index (κ3) is 7.28. The van der Waals surface area contributed by atoms with Crippen molar-refractivity contribution < 1.29 is 9.59 Å². The van der Waals surface area contributed by atoms with Crippen molar-refractivity contribution in [1.29, 1.82) is 0 Å². The molecule has 0 unspecified atom stereocenters. The van der Waals surface area contributed by atoms with Crippen molar-refractivity contribution in [2.75, 3.05) is 5.32 Å². The largest absolute Gasteiger partial charge is 0.326 e. The predicted molar refractivity (Wildman–Crippen MR) is 109 cm³/mol. The van der Waals surface area contributed by atoms with Gasteiger partial charge in [0.15, 0.2) is 5.78 Å². The van der Waals surface area contributed by atoms with Crippen LogP contribution in [-0.2, 0) is 16.0 Å². The number of ketones is 1. The van der Waals surface area contributed by atoms with E-state index in [-0.39, 0.29) is 23.7 Å². The van der Waals surface area contributed by atoms with E-state index in [9.17, 15) is 9.59 Å². The van der Waals surface area contributed by atoms with Crippen LogP contribution < -0.4 is 10.6 Å². The number of Topliss-reactive ketones (excluding diaryl/α,β-unsaturated/α-hetero) is 1.